The minimum absolute atomic E-state index is 0.0868. The Kier molecular flexibility index (Phi) is 2.73. The third-order valence-electron chi connectivity index (χ3n) is 3.51. The maximum absolute atomic E-state index is 10.4. The molecule has 3 N–H and O–H groups in total. The predicted octanol–water partition coefficient (Wildman–Crippen LogP) is 2.69. The molecule has 92 valence electrons. The Morgan fingerprint density at radius 1 is 1.39 bits per heavy atom. The highest BCUT2D eigenvalue weighted by Gasteiger charge is 2.33. The summed E-state index contributed by atoms with van der Waals surface area (Å²) in [5, 5.41) is 10.9. The molecule has 2 atom stereocenters. The highest BCUT2D eigenvalue weighted by Crippen LogP contribution is 2.44. The van der Waals surface area contributed by atoms with Gasteiger partial charge in [0.1, 0.15) is 5.82 Å². The van der Waals surface area contributed by atoms with Crippen molar-refractivity contribution in [3.05, 3.63) is 58.2 Å². The van der Waals surface area contributed by atoms with Gasteiger partial charge in [-0.3, -0.25) is 0 Å². The zero-order chi connectivity index (χ0) is 12.7. The van der Waals surface area contributed by atoms with E-state index in [9.17, 15) is 5.11 Å². The largest absolute Gasteiger partial charge is 0.388 e. The Morgan fingerprint density at radius 2 is 2.17 bits per heavy atom. The summed E-state index contributed by atoms with van der Waals surface area (Å²) in [6.45, 7) is 0. The molecule has 1 aliphatic carbocycles. The first-order chi connectivity index (χ1) is 8.66. The Morgan fingerprint density at radius 3 is 2.94 bits per heavy atom. The van der Waals surface area contributed by atoms with Gasteiger partial charge in [0.15, 0.2) is 0 Å². The van der Waals surface area contributed by atoms with Crippen molar-refractivity contribution >= 4 is 17.4 Å². The summed E-state index contributed by atoms with van der Waals surface area (Å²) >= 11 is 5.90. The molecule has 0 aliphatic heterocycles. The summed E-state index contributed by atoms with van der Waals surface area (Å²) in [5.74, 6) is 0.431. The third-order valence-corrected chi connectivity index (χ3v) is 3.72. The number of aliphatic hydroxyl groups excluding tert-OH is 1. The standard InChI is InChI=1S/C14H13ClN2O/c15-9-6-12(14(16)17-7-9)13(18)11-5-8-3-1-2-4-10(8)11/h1-4,6-7,11,13,18H,5H2,(H2,16,17). The first-order valence-corrected chi connectivity index (χ1v) is 6.21. The van der Waals surface area contributed by atoms with Gasteiger partial charge >= 0.3 is 0 Å². The number of hydrogen-bond acceptors (Lipinski definition) is 3. The van der Waals surface area contributed by atoms with E-state index >= 15 is 0 Å². The number of hydrogen-bond donors (Lipinski definition) is 2. The molecule has 2 aromatic rings. The number of halogens is 1. The summed E-state index contributed by atoms with van der Waals surface area (Å²) in [5.41, 5.74) is 8.88. The van der Waals surface area contributed by atoms with Crippen molar-refractivity contribution < 1.29 is 5.11 Å². The smallest absolute Gasteiger partial charge is 0.129 e. The topological polar surface area (TPSA) is 59.1 Å². The Bertz CT molecular complexity index is 600. The average Bonchev–Trinajstić information content (AvgIpc) is 2.33. The van der Waals surface area contributed by atoms with Crippen LogP contribution in [0.2, 0.25) is 5.02 Å². The molecule has 3 nitrogen and oxygen atoms in total. The highest BCUT2D eigenvalue weighted by molar-refractivity contribution is 6.30. The molecule has 1 heterocycles. The summed E-state index contributed by atoms with van der Waals surface area (Å²) in [7, 11) is 0. The van der Waals surface area contributed by atoms with Gasteiger partial charge in [0.2, 0.25) is 0 Å². The van der Waals surface area contributed by atoms with Gasteiger partial charge in [0.05, 0.1) is 11.1 Å². The van der Waals surface area contributed by atoms with Crippen LogP contribution in [0.15, 0.2) is 36.5 Å². The van der Waals surface area contributed by atoms with Crippen molar-refractivity contribution in [1.29, 1.82) is 0 Å². The van der Waals surface area contributed by atoms with Gasteiger partial charge in [-0.1, -0.05) is 35.9 Å². The number of aliphatic hydroxyl groups is 1. The van der Waals surface area contributed by atoms with E-state index < -0.39 is 6.10 Å². The molecule has 1 aliphatic rings. The van der Waals surface area contributed by atoms with Crippen LogP contribution in [0, 0.1) is 0 Å². The number of rotatable bonds is 2. The van der Waals surface area contributed by atoms with Crippen LogP contribution in [0.4, 0.5) is 5.82 Å². The number of aromatic nitrogens is 1. The fourth-order valence-corrected chi connectivity index (χ4v) is 2.66. The molecule has 0 saturated carbocycles. The van der Waals surface area contributed by atoms with E-state index in [-0.39, 0.29) is 5.92 Å². The number of benzene rings is 1. The summed E-state index contributed by atoms with van der Waals surface area (Å²) in [4.78, 5) is 3.98. The van der Waals surface area contributed by atoms with Crippen LogP contribution in [0.3, 0.4) is 0 Å². The summed E-state index contributed by atoms with van der Waals surface area (Å²) in [6.07, 6.45) is 1.71. The quantitative estimate of drug-likeness (QED) is 0.873. The molecule has 0 saturated heterocycles. The normalized spacial score (nSPS) is 18.9. The molecular formula is C14H13ClN2O. The van der Waals surface area contributed by atoms with Crippen LogP contribution in [-0.2, 0) is 6.42 Å². The van der Waals surface area contributed by atoms with E-state index in [4.69, 9.17) is 17.3 Å². The number of anilines is 1. The van der Waals surface area contributed by atoms with Gasteiger partial charge in [-0.05, 0) is 23.6 Å². The van der Waals surface area contributed by atoms with E-state index in [0.29, 0.717) is 16.4 Å². The Balaban J connectivity index is 1.93. The molecule has 0 radical (unpaired) electrons. The average molecular weight is 261 g/mol. The first kappa shape index (κ1) is 11.5. The second kappa shape index (κ2) is 4.26. The van der Waals surface area contributed by atoms with Gasteiger partial charge in [-0.25, -0.2) is 4.98 Å². The number of fused-ring (bicyclic) bond motifs is 1. The van der Waals surface area contributed by atoms with Gasteiger partial charge in [-0.15, -0.1) is 0 Å². The molecule has 0 spiro atoms. The van der Waals surface area contributed by atoms with Gasteiger partial charge < -0.3 is 10.8 Å². The first-order valence-electron chi connectivity index (χ1n) is 5.83. The third kappa shape index (κ3) is 1.76. The molecule has 4 heteroatoms. The van der Waals surface area contributed by atoms with E-state index in [2.05, 4.69) is 11.1 Å². The molecule has 1 aromatic heterocycles. The lowest BCUT2D eigenvalue weighted by atomic mass is 9.73. The van der Waals surface area contributed by atoms with Crippen LogP contribution in [0.1, 0.15) is 28.7 Å². The van der Waals surface area contributed by atoms with E-state index in [1.165, 1.54) is 17.3 Å². The number of nitrogens with zero attached hydrogens (tertiary/aromatic N) is 1. The predicted molar refractivity (Wildman–Crippen MR) is 71.5 cm³/mol. The van der Waals surface area contributed by atoms with Crippen LogP contribution < -0.4 is 5.73 Å². The van der Waals surface area contributed by atoms with Crippen LogP contribution in [0.25, 0.3) is 0 Å². The van der Waals surface area contributed by atoms with Crippen LogP contribution >= 0.6 is 11.6 Å². The SMILES string of the molecule is Nc1ncc(Cl)cc1C(O)C1Cc2ccccc21. The highest BCUT2D eigenvalue weighted by atomic mass is 35.5. The maximum atomic E-state index is 10.4. The maximum Gasteiger partial charge on any atom is 0.129 e. The molecule has 0 amide bonds. The molecule has 0 bridgehead atoms. The molecular weight excluding hydrogens is 248 g/mol. The minimum atomic E-state index is -0.647. The lowest BCUT2D eigenvalue weighted by Crippen LogP contribution is -2.24. The minimum Gasteiger partial charge on any atom is -0.388 e. The van der Waals surface area contributed by atoms with E-state index in [0.717, 1.165) is 6.42 Å². The van der Waals surface area contributed by atoms with Gasteiger partial charge in [-0.2, -0.15) is 0 Å². The lowest BCUT2D eigenvalue weighted by Gasteiger charge is -2.34. The van der Waals surface area contributed by atoms with Crippen molar-refractivity contribution in [3.8, 4) is 0 Å². The number of nitrogen functional groups attached to an aromatic ring is 1. The molecule has 3 rings (SSSR count). The van der Waals surface area contributed by atoms with Crippen molar-refractivity contribution in [1.82, 2.24) is 4.98 Å². The zero-order valence-corrected chi connectivity index (χ0v) is 10.4. The van der Waals surface area contributed by atoms with Gasteiger partial charge in [0.25, 0.3) is 0 Å². The van der Waals surface area contributed by atoms with Gasteiger partial charge in [0, 0.05) is 17.7 Å². The van der Waals surface area contributed by atoms with Crippen molar-refractivity contribution in [2.24, 2.45) is 0 Å². The number of pyridine rings is 1. The molecule has 2 unspecified atom stereocenters. The molecule has 18 heavy (non-hydrogen) atoms. The summed E-state index contributed by atoms with van der Waals surface area (Å²) in [6, 6.07) is 9.81. The Labute approximate surface area is 110 Å². The summed E-state index contributed by atoms with van der Waals surface area (Å²) < 4.78 is 0. The second-order valence-corrected chi connectivity index (χ2v) is 5.02. The second-order valence-electron chi connectivity index (χ2n) is 4.58. The fraction of sp³-hybridized carbons (Fsp3) is 0.214. The fourth-order valence-electron chi connectivity index (χ4n) is 2.50. The lowest BCUT2D eigenvalue weighted by molar-refractivity contribution is 0.135. The molecule has 1 aromatic carbocycles. The monoisotopic (exact) mass is 260 g/mol. The van der Waals surface area contributed by atoms with Crippen LogP contribution in [0.5, 0.6) is 0 Å². The van der Waals surface area contributed by atoms with E-state index in [1.54, 1.807) is 6.07 Å². The zero-order valence-electron chi connectivity index (χ0n) is 9.68. The van der Waals surface area contributed by atoms with Crippen molar-refractivity contribution in [2.45, 2.75) is 18.4 Å². The number of nitrogens with two attached hydrogens (primary N) is 1. The molecule has 0 fully saturated rings. The van der Waals surface area contributed by atoms with Crippen molar-refractivity contribution in [3.63, 3.8) is 0 Å². The Hall–Kier alpha value is -1.58. The van der Waals surface area contributed by atoms with E-state index in [1.807, 2.05) is 18.2 Å². The van der Waals surface area contributed by atoms with Crippen LogP contribution in [-0.4, -0.2) is 10.1 Å². The van der Waals surface area contributed by atoms with Crippen molar-refractivity contribution in [2.75, 3.05) is 5.73 Å².